The Morgan fingerprint density at radius 2 is 2.16 bits per heavy atom. The van der Waals surface area contributed by atoms with Gasteiger partial charge in [0.15, 0.2) is 10.8 Å². The Balaban J connectivity index is 2.42. The zero-order valence-electron chi connectivity index (χ0n) is 9.76. The second-order valence-electron chi connectivity index (χ2n) is 3.78. The van der Waals surface area contributed by atoms with Crippen LogP contribution in [0.1, 0.15) is 0 Å². The molecule has 0 amide bonds. The van der Waals surface area contributed by atoms with Crippen molar-refractivity contribution in [3.05, 3.63) is 33.9 Å². The first kappa shape index (κ1) is 14.1. The first-order chi connectivity index (χ1) is 8.81. The van der Waals surface area contributed by atoms with Crippen molar-refractivity contribution in [2.75, 3.05) is 10.5 Å². The van der Waals surface area contributed by atoms with Gasteiger partial charge in [0, 0.05) is 10.6 Å². The second kappa shape index (κ2) is 4.96. The predicted molar refractivity (Wildman–Crippen MR) is 77.5 cm³/mol. The van der Waals surface area contributed by atoms with E-state index in [1.54, 1.807) is 0 Å². The van der Waals surface area contributed by atoms with E-state index in [1.807, 2.05) is 22.6 Å². The second-order valence-corrected chi connectivity index (χ2v) is 6.54. The van der Waals surface area contributed by atoms with E-state index >= 15 is 0 Å². The molecule has 1 aromatic heterocycles. The zero-order valence-corrected chi connectivity index (χ0v) is 12.7. The number of nitrogens with two attached hydrogens (primary N) is 1. The Hall–Kier alpha value is -1.36. The van der Waals surface area contributed by atoms with Gasteiger partial charge in [0.25, 0.3) is 10.0 Å². The fourth-order valence-corrected chi connectivity index (χ4v) is 3.64. The molecule has 0 unspecified atom stereocenters. The van der Waals surface area contributed by atoms with Crippen LogP contribution in [0.2, 0.25) is 0 Å². The van der Waals surface area contributed by atoms with Crippen molar-refractivity contribution in [2.24, 2.45) is 7.05 Å². The average Bonchev–Trinajstić information content (AvgIpc) is 2.63. The molecule has 0 saturated heterocycles. The van der Waals surface area contributed by atoms with Crippen molar-refractivity contribution >= 4 is 44.1 Å². The number of benzene rings is 1. The van der Waals surface area contributed by atoms with Crippen LogP contribution in [0.4, 0.5) is 15.9 Å². The van der Waals surface area contributed by atoms with Crippen LogP contribution in [0.25, 0.3) is 0 Å². The summed E-state index contributed by atoms with van der Waals surface area (Å²) in [6.45, 7) is 0. The zero-order chi connectivity index (χ0) is 14.2. The smallest absolute Gasteiger partial charge is 0.281 e. The summed E-state index contributed by atoms with van der Waals surface area (Å²) < 4.78 is 41.5. The summed E-state index contributed by atoms with van der Waals surface area (Å²) in [5.41, 5.74) is 5.81. The molecule has 0 radical (unpaired) electrons. The van der Waals surface area contributed by atoms with Crippen LogP contribution in [0.15, 0.2) is 29.6 Å². The molecule has 19 heavy (non-hydrogen) atoms. The summed E-state index contributed by atoms with van der Waals surface area (Å²) in [4.78, 5) is 3.72. The van der Waals surface area contributed by atoms with E-state index in [2.05, 4.69) is 9.71 Å². The molecule has 2 rings (SSSR count). The van der Waals surface area contributed by atoms with Gasteiger partial charge in [0.1, 0.15) is 5.82 Å². The molecule has 0 aliphatic heterocycles. The highest BCUT2D eigenvalue weighted by molar-refractivity contribution is 14.1. The molecule has 3 N–H and O–H groups in total. The minimum atomic E-state index is -3.87. The van der Waals surface area contributed by atoms with E-state index in [9.17, 15) is 12.8 Å². The molecule has 0 aliphatic rings. The van der Waals surface area contributed by atoms with Crippen LogP contribution >= 0.6 is 22.6 Å². The topological polar surface area (TPSA) is 90.0 Å². The van der Waals surface area contributed by atoms with Crippen molar-refractivity contribution in [3.63, 3.8) is 0 Å². The lowest BCUT2D eigenvalue weighted by Gasteiger charge is -2.10. The maximum absolute atomic E-state index is 13.0. The number of aryl methyl sites for hydroxylation is 1. The Morgan fingerprint density at radius 1 is 1.47 bits per heavy atom. The number of rotatable bonds is 3. The molecule has 0 bridgehead atoms. The molecule has 1 heterocycles. The van der Waals surface area contributed by atoms with Crippen LogP contribution in [0.3, 0.4) is 0 Å². The van der Waals surface area contributed by atoms with E-state index in [0.717, 1.165) is 0 Å². The molecule has 0 aliphatic carbocycles. The minimum absolute atomic E-state index is 0.0906. The molecule has 0 fully saturated rings. The monoisotopic (exact) mass is 396 g/mol. The van der Waals surface area contributed by atoms with E-state index in [4.69, 9.17) is 5.73 Å². The Bertz CT molecular complexity index is 710. The highest BCUT2D eigenvalue weighted by Gasteiger charge is 2.23. The number of aromatic nitrogens is 2. The quantitative estimate of drug-likeness (QED) is 0.771. The number of nitrogen functional groups attached to an aromatic ring is 1. The number of anilines is 2. The van der Waals surface area contributed by atoms with Gasteiger partial charge < -0.3 is 10.3 Å². The highest BCUT2D eigenvalue weighted by atomic mass is 127. The third-order valence-corrected chi connectivity index (χ3v) is 4.73. The van der Waals surface area contributed by atoms with Gasteiger partial charge in [-0.2, -0.15) is 8.42 Å². The fraction of sp³-hybridized carbons (Fsp3) is 0.100. The van der Waals surface area contributed by atoms with Gasteiger partial charge in [0.2, 0.25) is 0 Å². The molecule has 102 valence electrons. The summed E-state index contributed by atoms with van der Waals surface area (Å²) in [6.07, 6.45) is 1.31. The molecule has 2 aromatic rings. The molecular weight excluding hydrogens is 386 g/mol. The summed E-state index contributed by atoms with van der Waals surface area (Å²) >= 11 is 1.84. The van der Waals surface area contributed by atoms with Gasteiger partial charge in [-0.3, -0.25) is 4.72 Å². The lowest BCUT2D eigenvalue weighted by molar-refractivity contribution is 0.591. The first-order valence-electron chi connectivity index (χ1n) is 5.06. The van der Waals surface area contributed by atoms with Crippen LogP contribution in [0.5, 0.6) is 0 Å². The van der Waals surface area contributed by atoms with Crippen LogP contribution in [-0.4, -0.2) is 18.0 Å². The summed E-state index contributed by atoms with van der Waals surface area (Å²) in [5.74, 6) is -0.528. The number of nitrogens with one attached hydrogen (secondary N) is 1. The largest absolute Gasteiger partial charge is 0.381 e. The van der Waals surface area contributed by atoms with Gasteiger partial charge in [0.05, 0.1) is 12.0 Å². The van der Waals surface area contributed by atoms with E-state index in [0.29, 0.717) is 3.57 Å². The average molecular weight is 396 g/mol. The van der Waals surface area contributed by atoms with E-state index < -0.39 is 15.8 Å². The van der Waals surface area contributed by atoms with E-state index in [-0.39, 0.29) is 16.5 Å². The summed E-state index contributed by atoms with van der Waals surface area (Å²) in [6, 6.07) is 3.75. The number of nitrogens with zero attached hydrogens (tertiary/aromatic N) is 2. The molecule has 0 spiro atoms. The Kier molecular flexibility index (Phi) is 3.67. The third-order valence-electron chi connectivity index (χ3n) is 2.34. The number of halogens is 2. The normalized spacial score (nSPS) is 11.5. The lowest BCUT2D eigenvalue weighted by atomic mass is 10.3. The SMILES string of the molecule is Cn1cnc(N)c1S(=O)(=O)Nc1ccc(F)cc1I. The fourth-order valence-electron chi connectivity index (χ4n) is 1.53. The molecular formula is C10H10FIN4O2S. The van der Waals surface area contributed by atoms with Crippen LogP contribution in [0, 0.1) is 9.39 Å². The standard InChI is InChI=1S/C10H10FIN4O2S/c1-16-5-14-9(13)10(16)19(17,18)15-8-3-2-6(11)4-7(8)12/h2-5,15H,13H2,1H3. The van der Waals surface area contributed by atoms with Gasteiger partial charge in [-0.1, -0.05) is 0 Å². The molecule has 9 heteroatoms. The van der Waals surface area contributed by atoms with Crippen LogP contribution < -0.4 is 10.5 Å². The first-order valence-corrected chi connectivity index (χ1v) is 7.62. The Labute approximate surface area is 123 Å². The lowest BCUT2D eigenvalue weighted by Crippen LogP contribution is -2.18. The number of hydrogen-bond donors (Lipinski definition) is 2. The summed E-state index contributed by atoms with van der Waals surface area (Å²) in [7, 11) is -2.35. The van der Waals surface area contributed by atoms with Crippen molar-refractivity contribution in [1.82, 2.24) is 9.55 Å². The predicted octanol–water partition coefficient (Wildman–Crippen LogP) is 1.55. The van der Waals surface area contributed by atoms with Gasteiger partial charge in [-0.05, 0) is 40.8 Å². The van der Waals surface area contributed by atoms with Crippen molar-refractivity contribution < 1.29 is 12.8 Å². The minimum Gasteiger partial charge on any atom is -0.381 e. The third kappa shape index (κ3) is 2.81. The molecule has 6 nitrogen and oxygen atoms in total. The van der Waals surface area contributed by atoms with Gasteiger partial charge in [-0.15, -0.1) is 0 Å². The van der Waals surface area contributed by atoms with Crippen molar-refractivity contribution in [2.45, 2.75) is 5.03 Å². The number of imidazole rings is 1. The van der Waals surface area contributed by atoms with Crippen LogP contribution in [-0.2, 0) is 17.1 Å². The van der Waals surface area contributed by atoms with Gasteiger partial charge >= 0.3 is 0 Å². The van der Waals surface area contributed by atoms with Gasteiger partial charge in [-0.25, -0.2) is 9.37 Å². The highest BCUT2D eigenvalue weighted by Crippen LogP contribution is 2.24. The maximum atomic E-state index is 13.0. The number of sulfonamides is 1. The molecule has 0 atom stereocenters. The summed E-state index contributed by atoms with van der Waals surface area (Å²) in [5, 5.41) is -0.132. The van der Waals surface area contributed by atoms with E-state index in [1.165, 1.54) is 36.1 Å². The Morgan fingerprint density at radius 3 is 2.68 bits per heavy atom. The maximum Gasteiger partial charge on any atom is 0.281 e. The van der Waals surface area contributed by atoms with Crippen molar-refractivity contribution in [1.29, 1.82) is 0 Å². The number of hydrogen-bond acceptors (Lipinski definition) is 4. The molecule has 0 saturated carbocycles. The molecule has 1 aromatic carbocycles. The van der Waals surface area contributed by atoms with Crippen molar-refractivity contribution in [3.8, 4) is 0 Å².